The Hall–Kier alpha value is -1.38. The van der Waals surface area contributed by atoms with E-state index in [9.17, 15) is 0 Å². The number of guanidine groups is 1. The van der Waals surface area contributed by atoms with Crippen molar-refractivity contribution in [3.05, 3.63) is 18.2 Å². The third-order valence-corrected chi connectivity index (χ3v) is 6.25. The molecule has 1 aromatic carbocycles. The molecule has 1 aliphatic heterocycles. The van der Waals surface area contributed by atoms with Crippen LogP contribution < -0.4 is 25.0 Å². The van der Waals surface area contributed by atoms with Crippen LogP contribution in [0.1, 0.15) is 45.4 Å². The molecule has 164 valence electrons. The Kier molecular flexibility index (Phi) is 9.17. The quantitative estimate of drug-likeness (QED) is 0.340. The van der Waals surface area contributed by atoms with Crippen molar-refractivity contribution >= 4 is 35.6 Å². The standard InChI is InChI=1S/C22H36N4O2.HI/c1-22(9-5-6-10-22)16-24-21(23-2)25-17-7-11-26(12-8-17)18-13-19(27-3)15-20(14-18)28-4;/h13-15,17H,5-12,16H2,1-4H3,(H2,23,24,25);1H. The lowest BCUT2D eigenvalue weighted by atomic mass is 9.89. The summed E-state index contributed by atoms with van der Waals surface area (Å²) in [4.78, 5) is 6.85. The summed E-state index contributed by atoms with van der Waals surface area (Å²) >= 11 is 0. The lowest BCUT2D eigenvalue weighted by molar-refractivity contribution is 0.332. The number of rotatable bonds is 6. The van der Waals surface area contributed by atoms with Crippen molar-refractivity contribution in [1.82, 2.24) is 10.6 Å². The molecule has 1 saturated carbocycles. The van der Waals surface area contributed by atoms with Gasteiger partial charge >= 0.3 is 0 Å². The average molecular weight is 516 g/mol. The third-order valence-electron chi connectivity index (χ3n) is 6.25. The molecule has 2 fully saturated rings. The number of benzene rings is 1. The van der Waals surface area contributed by atoms with E-state index in [4.69, 9.17) is 9.47 Å². The Balaban J connectivity index is 0.00000300. The van der Waals surface area contributed by atoms with E-state index in [2.05, 4.69) is 39.6 Å². The first-order valence-corrected chi connectivity index (χ1v) is 10.5. The molecule has 1 aromatic rings. The molecule has 0 bridgehead atoms. The zero-order chi connectivity index (χ0) is 20.0. The monoisotopic (exact) mass is 516 g/mol. The first-order valence-electron chi connectivity index (χ1n) is 10.5. The summed E-state index contributed by atoms with van der Waals surface area (Å²) in [7, 11) is 5.25. The second kappa shape index (κ2) is 11.1. The highest BCUT2D eigenvalue weighted by molar-refractivity contribution is 14.0. The van der Waals surface area contributed by atoms with E-state index in [1.165, 1.54) is 25.7 Å². The number of nitrogens with one attached hydrogen (secondary N) is 2. The van der Waals surface area contributed by atoms with Crippen LogP contribution in [0.4, 0.5) is 5.69 Å². The molecule has 0 aromatic heterocycles. The molecule has 29 heavy (non-hydrogen) atoms. The van der Waals surface area contributed by atoms with Crippen LogP contribution in [0, 0.1) is 5.41 Å². The molecule has 0 spiro atoms. The minimum Gasteiger partial charge on any atom is -0.497 e. The number of methoxy groups -OCH3 is 2. The number of ether oxygens (including phenoxy) is 2. The second-order valence-electron chi connectivity index (χ2n) is 8.42. The van der Waals surface area contributed by atoms with Crippen molar-refractivity contribution in [2.24, 2.45) is 10.4 Å². The summed E-state index contributed by atoms with van der Waals surface area (Å²) in [6, 6.07) is 6.53. The van der Waals surface area contributed by atoms with Crippen LogP contribution in [-0.2, 0) is 0 Å². The highest BCUT2D eigenvalue weighted by Gasteiger charge is 2.29. The van der Waals surface area contributed by atoms with Gasteiger partial charge in [0.15, 0.2) is 5.96 Å². The average Bonchev–Trinajstić information content (AvgIpc) is 3.17. The first-order chi connectivity index (χ1) is 13.5. The smallest absolute Gasteiger partial charge is 0.191 e. The molecule has 1 heterocycles. The number of anilines is 1. The molecule has 7 heteroatoms. The van der Waals surface area contributed by atoms with E-state index in [0.717, 1.165) is 55.6 Å². The molecule has 3 rings (SSSR count). The Morgan fingerprint density at radius 1 is 1.10 bits per heavy atom. The van der Waals surface area contributed by atoms with Crippen LogP contribution in [0.3, 0.4) is 0 Å². The van der Waals surface area contributed by atoms with Crippen LogP contribution in [-0.4, -0.2) is 52.9 Å². The van der Waals surface area contributed by atoms with E-state index in [0.29, 0.717) is 11.5 Å². The van der Waals surface area contributed by atoms with E-state index >= 15 is 0 Å². The molecular formula is C22H37IN4O2. The summed E-state index contributed by atoms with van der Waals surface area (Å²) in [5.41, 5.74) is 1.58. The van der Waals surface area contributed by atoms with Gasteiger partial charge in [0.2, 0.25) is 0 Å². The number of nitrogens with zero attached hydrogens (tertiary/aromatic N) is 2. The number of aliphatic imine (C=N–C) groups is 1. The maximum absolute atomic E-state index is 5.41. The fourth-order valence-corrected chi connectivity index (χ4v) is 4.35. The molecule has 2 N–H and O–H groups in total. The van der Waals surface area contributed by atoms with Crippen molar-refractivity contribution in [3.63, 3.8) is 0 Å². The number of hydrogen-bond donors (Lipinski definition) is 2. The lowest BCUT2D eigenvalue weighted by Gasteiger charge is -2.35. The van der Waals surface area contributed by atoms with Crippen LogP contribution in [0.25, 0.3) is 0 Å². The van der Waals surface area contributed by atoms with E-state index in [1.54, 1.807) is 14.2 Å². The fourth-order valence-electron chi connectivity index (χ4n) is 4.35. The molecule has 2 aliphatic rings. The fraction of sp³-hybridized carbons (Fsp3) is 0.682. The molecular weight excluding hydrogens is 479 g/mol. The Labute approximate surface area is 192 Å². The topological polar surface area (TPSA) is 58.1 Å². The van der Waals surface area contributed by atoms with Crippen LogP contribution in [0.15, 0.2) is 23.2 Å². The van der Waals surface area contributed by atoms with Gasteiger partial charge in [-0.05, 0) is 31.1 Å². The molecule has 1 aliphatic carbocycles. The van der Waals surface area contributed by atoms with Gasteiger partial charge in [0.25, 0.3) is 0 Å². The maximum Gasteiger partial charge on any atom is 0.191 e. The normalized spacial score (nSPS) is 19.4. The molecule has 0 atom stereocenters. The molecule has 0 amide bonds. The van der Waals surface area contributed by atoms with Crippen LogP contribution in [0.5, 0.6) is 11.5 Å². The molecule has 0 unspecified atom stereocenters. The molecule has 1 saturated heterocycles. The van der Waals surface area contributed by atoms with Gasteiger partial charge in [0.05, 0.1) is 14.2 Å². The SMILES string of the molecule is CN=C(NCC1(C)CCCC1)NC1CCN(c2cc(OC)cc(OC)c2)CC1.I. The Bertz CT molecular complexity index is 647. The van der Waals surface area contributed by atoms with Crippen molar-refractivity contribution in [2.75, 3.05) is 45.8 Å². The molecule has 0 radical (unpaired) electrons. The predicted molar refractivity (Wildman–Crippen MR) is 131 cm³/mol. The minimum absolute atomic E-state index is 0. The van der Waals surface area contributed by atoms with E-state index < -0.39 is 0 Å². The minimum atomic E-state index is 0. The summed E-state index contributed by atoms with van der Waals surface area (Å²) in [5.74, 6) is 2.61. The summed E-state index contributed by atoms with van der Waals surface area (Å²) in [6.07, 6.45) is 7.52. The summed E-state index contributed by atoms with van der Waals surface area (Å²) < 4.78 is 10.8. The second-order valence-corrected chi connectivity index (χ2v) is 8.42. The highest BCUT2D eigenvalue weighted by atomic mass is 127. The largest absolute Gasteiger partial charge is 0.497 e. The van der Waals surface area contributed by atoms with Crippen molar-refractivity contribution in [2.45, 2.75) is 51.5 Å². The van der Waals surface area contributed by atoms with Gasteiger partial charge in [-0.15, -0.1) is 24.0 Å². The van der Waals surface area contributed by atoms with E-state index in [-0.39, 0.29) is 24.0 Å². The van der Waals surface area contributed by atoms with Gasteiger partial charge in [-0.25, -0.2) is 0 Å². The van der Waals surface area contributed by atoms with Gasteiger partial charge in [-0.3, -0.25) is 4.99 Å². The zero-order valence-electron chi connectivity index (χ0n) is 18.3. The Morgan fingerprint density at radius 3 is 2.21 bits per heavy atom. The van der Waals surface area contributed by atoms with Gasteiger partial charge < -0.3 is 25.0 Å². The number of piperidine rings is 1. The van der Waals surface area contributed by atoms with Gasteiger partial charge in [-0.2, -0.15) is 0 Å². The van der Waals surface area contributed by atoms with Crippen LogP contribution >= 0.6 is 24.0 Å². The predicted octanol–water partition coefficient (Wildman–Crippen LogP) is 4.04. The van der Waals surface area contributed by atoms with Gasteiger partial charge in [0.1, 0.15) is 11.5 Å². The zero-order valence-corrected chi connectivity index (χ0v) is 20.6. The van der Waals surface area contributed by atoms with Crippen molar-refractivity contribution < 1.29 is 9.47 Å². The first kappa shape index (κ1) is 23.9. The van der Waals surface area contributed by atoms with Gasteiger partial charge in [-0.1, -0.05) is 19.8 Å². The van der Waals surface area contributed by atoms with Crippen molar-refractivity contribution in [1.29, 1.82) is 0 Å². The molecule has 6 nitrogen and oxygen atoms in total. The maximum atomic E-state index is 5.41. The summed E-state index contributed by atoms with van der Waals surface area (Å²) in [5, 5.41) is 7.19. The summed E-state index contributed by atoms with van der Waals surface area (Å²) in [6.45, 7) is 5.40. The highest BCUT2D eigenvalue weighted by Crippen LogP contribution is 2.36. The van der Waals surface area contributed by atoms with Gasteiger partial charge in [0, 0.05) is 56.6 Å². The number of halogens is 1. The van der Waals surface area contributed by atoms with Crippen molar-refractivity contribution in [3.8, 4) is 11.5 Å². The lowest BCUT2D eigenvalue weighted by Crippen LogP contribution is -2.50. The Morgan fingerprint density at radius 2 is 1.69 bits per heavy atom. The third kappa shape index (κ3) is 6.55. The van der Waals surface area contributed by atoms with E-state index in [1.807, 2.05) is 13.1 Å². The van der Waals surface area contributed by atoms with Crippen LogP contribution in [0.2, 0.25) is 0 Å². The number of hydrogen-bond acceptors (Lipinski definition) is 4.